The number of anilines is 1. The van der Waals surface area contributed by atoms with Crippen LogP contribution in [0.2, 0.25) is 0 Å². The molecule has 4 aromatic rings. The minimum absolute atomic E-state index is 0.120. The molecule has 0 aromatic heterocycles. The van der Waals surface area contributed by atoms with Crippen molar-refractivity contribution in [3.63, 3.8) is 0 Å². The number of allylic oxidation sites excluding steroid dienone is 5. The Bertz CT molecular complexity index is 1660. The molecule has 0 amide bonds. The second-order valence-corrected chi connectivity index (χ2v) is 11.6. The number of hydrogen-bond donors (Lipinski definition) is 1. The molecule has 198 valence electrons. The van der Waals surface area contributed by atoms with E-state index in [1.54, 1.807) is 0 Å². The zero-order valence-electron chi connectivity index (χ0n) is 23.7. The first kappa shape index (κ1) is 25.9. The van der Waals surface area contributed by atoms with E-state index in [-0.39, 0.29) is 5.41 Å². The molecule has 4 aromatic carbocycles. The SMILES string of the molecule is C=CC1=C(/C=C\Nc2ccccc2C(C)Cc2ccccc2)c2ccc(-c3ccc4c(c3)C=CC4)cc2C1(C)C. The number of rotatable bonds is 8. The van der Waals surface area contributed by atoms with Crippen LogP contribution in [0.5, 0.6) is 0 Å². The smallest absolute Gasteiger partial charge is 0.0415 e. The Balaban J connectivity index is 1.27. The van der Waals surface area contributed by atoms with Gasteiger partial charge in [0.25, 0.3) is 0 Å². The van der Waals surface area contributed by atoms with Crippen LogP contribution < -0.4 is 5.32 Å². The standard InChI is InChI=1S/C39H37N/c1-5-36-35(22-23-40-38-17-10-9-16-33(38)27(2)24-28-12-7-6-8-13-28)34-21-20-32(26-37(34)39(36,3)4)31-19-18-29-14-11-15-30(29)25-31/h5-13,15-23,25-27,40H,1,14,24H2,2-4H3/b23-22-. The summed E-state index contributed by atoms with van der Waals surface area (Å²) < 4.78 is 0. The zero-order chi connectivity index (χ0) is 27.7. The molecule has 1 atom stereocenters. The molecular weight excluding hydrogens is 482 g/mol. The summed E-state index contributed by atoms with van der Waals surface area (Å²) in [4.78, 5) is 0. The highest BCUT2D eigenvalue weighted by Gasteiger charge is 2.35. The van der Waals surface area contributed by atoms with E-state index >= 15 is 0 Å². The van der Waals surface area contributed by atoms with Crippen LogP contribution >= 0.6 is 0 Å². The number of para-hydroxylation sites is 1. The summed E-state index contributed by atoms with van der Waals surface area (Å²) in [7, 11) is 0. The van der Waals surface area contributed by atoms with Gasteiger partial charge >= 0.3 is 0 Å². The second-order valence-electron chi connectivity index (χ2n) is 11.6. The van der Waals surface area contributed by atoms with Crippen LogP contribution in [0.1, 0.15) is 60.1 Å². The monoisotopic (exact) mass is 519 g/mol. The van der Waals surface area contributed by atoms with Gasteiger partial charge < -0.3 is 5.32 Å². The van der Waals surface area contributed by atoms with Gasteiger partial charge in [-0.3, -0.25) is 0 Å². The van der Waals surface area contributed by atoms with Crippen molar-refractivity contribution in [1.82, 2.24) is 0 Å². The molecule has 1 unspecified atom stereocenters. The van der Waals surface area contributed by atoms with Gasteiger partial charge in [-0.2, -0.15) is 0 Å². The second kappa shape index (κ2) is 10.7. The van der Waals surface area contributed by atoms with Crippen molar-refractivity contribution in [2.45, 2.75) is 44.9 Å². The number of nitrogens with one attached hydrogen (secondary N) is 1. The Kier molecular flexibility index (Phi) is 6.90. The topological polar surface area (TPSA) is 12.0 Å². The summed E-state index contributed by atoms with van der Waals surface area (Å²) in [6, 6.07) is 33.2. The molecule has 0 saturated carbocycles. The van der Waals surface area contributed by atoms with Crippen LogP contribution in [-0.4, -0.2) is 0 Å². The third-order valence-electron chi connectivity index (χ3n) is 8.63. The van der Waals surface area contributed by atoms with Crippen molar-refractivity contribution >= 4 is 17.3 Å². The molecule has 1 N–H and O–H groups in total. The van der Waals surface area contributed by atoms with Gasteiger partial charge in [0.2, 0.25) is 0 Å². The lowest BCUT2D eigenvalue weighted by Gasteiger charge is -2.23. The van der Waals surface area contributed by atoms with Crippen molar-refractivity contribution < 1.29 is 0 Å². The normalized spacial score (nSPS) is 15.8. The molecule has 1 nitrogen and oxygen atoms in total. The number of fused-ring (bicyclic) bond motifs is 2. The largest absolute Gasteiger partial charge is 0.361 e. The van der Waals surface area contributed by atoms with E-state index < -0.39 is 0 Å². The lowest BCUT2D eigenvalue weighted by atomic mass is 9.80. The van der Waals surface area contributed by atoms with Crippen LogP contribution in [0.15, 0.2) is 128 Å². The molecule has 0 saturated heterocycles. The molecule has 1 heteroatoms. The van der Waals surface area contributed by atoms with Gasteiger partial charge in [0.05, 0.1) is 0 Å². The molecular formula is C39H37N. The van der Waals surface area contributed by atoms with E-state index in [9.17, 15) is 0 Å². The van der Waals surface area contributed by atoms with Gasteiger partial charge in [-0.05, 0) is 98.7 Å². The predicted molar refractivity (Wildman–Crippen MR) is 173 cm³/mol. The molecule has 6 rings (SSSR count). The summed E-state index contributed by atoms with van der Waals surface area (Å²) in [6.07, 6.45) is 12.9. The third kappa shape index (κ3) is 4.77. The fourth-order valence-corrected chi connectivity index (χ4v) is 6.43. The van der Waals surface area contributed by atoms with Crippen molar-refractivity contribution in [2.24, 2.45) is 0 Å². The molecule has 0 bridgehead atoms. The lowest BCUT2D eigenvalue weighted by molar-refractivity contribution is 0.655. The van der Waals surface area contributed by atoms with Gasteiger partial charge in [0, 0.05) is 17.3 Å². The Morgan fingerprint density at radius 2 is 1.65 bits per heavy atom. The van der Waals surface area contributed by atoms with Crippen molar-refractivity contribution in [2.75, 3.05) is 5.32 Å². The Hall–Kier alpha value is -4.36. The summed E-state index contributed by atoms with van der Waals surface area (Å²) in [5.74, 6) is 0.404. The molecule has 0 radical (unpaired) electrons. The maximum absolute atomic E-state index is 4.22. The molecule has 0 heterocycles. The summed E-state index contributed by atoms with van der Waals surface area (Å²) in [5, 5.41) is 3.62. The first-order valence-electron chi connectivity index (χ1n) is 14.3. The fourth-order valence-electron chi connectivity index (χ4n) is 6.43. The first-order valence-corrected chi connectivity index (χ1v) is 14.3. The highest BCUT2D eigenvalue weighted by atomic mass is 14.8. The summed E-state index contributed by atoms with van der Waals surface area (Å²) >= 11 is 0. The maximum atomic E-state index is 4.22. The average molecular weight is 520 g/mol. The lowest BCUT2D eigenvalue weighted by Crippen LogP contribution is -2.16. The molecule has 2 aliphatic carbocycles. The maximum Gasteiger partial charge on any atom is 0.0415 e. The van der Waals surface area contributed by atoms with Crippen molar-refractivity contribution in [1.29, 1.82) is 0 Å². The summed E-state index contributed by atoms with van der Waals surface area (Å²) in [6.45, 7) is 11.1. The van der Waals surface area contributed by atoms with E-state index in [2.05, 4.69) is 148 Å². The van der Waals surface area contributed by atoms with Gasteiger partial charge in [-0.25, -0.2) is 0 Å². The Morgan fingerprint density at radius 1 is 0.900 bits per heavy atom. The Labute approximate surface area is 239 Å². The zero-order valence-corrected chi connectivity index (χ0v) is 23.7. The average Bonchev–Trinajstić information content (AvgIpc) is 3.53. The van der Waals surface area contributed by atoms with E-state index in [0.717, 1.165) is 18.5 Å². The van der Waals surface area contributed by atoms with E-state index in [4.69, 9.17) is 0 Å². The van der Waals surface area contributed by atoms with Crippen LogP contribution in [0.4, 0.5) is 5.69 Å². The quantitative estimate of drug-likeness (QED) is 0.244. The van der Waals surface area contributed by atoms with Crippen LogP contribution in [0.25, 0.3) is 22.8 Å². The highest BCUT2D eigenvalue weighted by molar-refractivity contribution is 5.89. The minimum atomic E-state index is -0.120. The van der Waals surface area contributed by atoms with Gasteiger partial charge in [-0.15, -0.1) is 0 Å². The van der Waals surface area contributed by atoms with E-state index in [1.807, 2.05) is 6.08 Å². The van der Waals surface area contributed by atoms with Gasteiger partial charge in [0.15, 0.2) is 0 Å². The molecule has 0 spiro atoms. The first-order chi connectivity index (χ1) is 19.5. The predicted octanol–water partition coefficient (Wildman–Crippen LogP) is 10.1. The highest BCUT2D eigenvalue weighted by Crippen LogP contribution is 2.48. The third-order valence-corrected chi connectivity index (χ3v) is 8.63. The molecule has 40 heavy (non-hydrogen) atoms. The van der Waals surface area contributed by atoms with E-state index in [0.29, 0.717) is 5.92 Å². The number of hydrogen-bond acceptors (Lipinski definition) is 1. The van der Waals surface area contributed by atoms with Gasteiger partial charge in [0.1, 0.15) is 0 Å². The number of benzene rings is 4. The van der Waals surface area contributed by atoms with Crippen LogP contribution in [0, 0.1) is 0 Å². The molecule has 2 aliphatic rings. The van der Waals surface area contributed by atoms with Crippen molar-refractivity contribution in [3.8, 4) is 11.1 Å². The minimum Gasteiger partial charge on any atom is -0.361 e. The fraction of sp³-hybridized carbons (Fsp3) is 0.179. The molecule has 0 aliphatic heterocycles. The van der Waals surface area contributed by atoms with Crippen molar-refractivity contribution in [3.05, 3.63) is 161 Å². The summed E-state index contributed by atoms with van der Waals surface area (Å²) in [5.41, 5.74) is 14.2. The van der Waals surface area contributed by atoms with Crippen LogP contribution in [-0.2, 0) is 18.3 Å². The van der Waals surface area contributed by atoms with Gasteiger partial charge in [-0.1, -0.05) is 118 Å². The Morgan fingerprint density at radius 3 is 2.48 bits per heavy atom. The molecule has 0 fully saturated rings. The van der Waals surface area contributed by atoms with E-state index in [1.165, 1.54) is 55.7 Å². The van der Waals surface area contributed by atoms with Crippen LogP contribution in [0.3, 0.4) is 0 Å².